The molecule has 5 heteroatoms. The third kappa shape index (κ3) is 2.56. The zero-order valence-corrected chi connectivity index (χ0v) is 10.2. The lowest BCUT2D eigenvalue weighted by molar-refractivity contribution is 0.242. The number of ether oxygens (including phenoxy) is 1. The van der Waals surface area contributed by atoms with Gasteiger partial charge in [0.05, 0.1) is 6.10 Å². The van der Waals surface area contributed by atoms with E-state index in [2.05, 4.69) is 9.97 Å². The number of nitrogens with zero attached hydrogens (tertiary/aromatic N) is 2. The van der Waals surface area contributed by atoms with E-state index in [-0.39, 0.29) is 17.6 Å². The predicted molar refractivity (Wildman–Crippen MR) is 67.6 cm³/mol. The van der Waals surface area contributed by atoms with Crippen LogP contribution in [-0.4, -0.2) is 16.1 Å². The van der Waals surface area contributed by atoms with Crippen molar-refractivity contribution in [2.24, 2.45) is 0 Å². The maximum atomic E-state index is 13.7. The minimum atomic E-state index is -0.602. The van der Waals surface area contributed by atoms with Crippen LogP contribution in [0.2, 0.25) is 0 Å². The van der Waals surface area contributed by atoms with Crippen LogP contribution in [0, 0.1) is 5.82 Å². The molecule has 0 saturated heterocycles. The van der Waals surface area contributed by atoms with Crippen molar-refractivity contribution < 1.29 is 9.13 Å². The first kappa shape index (κ1) is 12.3. The summed E-state index contributed by atoms with van der Waals surface area (Å²) in [6, 6.07) is 7.02. The second kappa shape index (κ2) is 5.00. The molecule has 0 unspecified atom stereocenters. The van der Waals surface area contributed by atoms with E-state index in [9.17, 15) is 4.39 Å². The summed E-state index contributed by atoms with van der Waals surface area (Å²) in [5, 5.41) is 0. The van der Waals surface area contributed by atoms with Crippen molar-refractivity contribution in [3.8, 4) is 17.0 Å². The van der Waals surface area contributed by atoms with Gasteiger partial charge in [-0.05, 0) is 38.1 Å². The van der Waals surface area contributed by atoms with Crippen LogP contribution in [0.3, 0.4) is 0 Å². The normalized spacial score (nSPS) is 10.7. The predicted octanol–water partition coefficient (Wildman–Crippen LogP) is 2.65. The maximum absolute atomic E-state index is 13.7. The molecule has 0 amide bonds. The van der Waals surface area contributed by atoms with Crippen LogP contribution in [0.5, 0.6) is 5.75 Å². The van der Waals surface area contributed by atoms with Crippen LogP contribution in [0.25, 0.3) is 11.3 Å². The minimum Gasteiger partial charge on any atom is -0.491 e. The number of halogens is 1. The molecule has 1 aromatic carbocycles. The van der Waals surface area contributed by atoms with E-state index in [0.717, 1.165) is 5.75 Å². The van der Waals surface area contributed by atoms with E-state index in [0.29, 0.717) is 5.56 Å². The fraction of sp³-hybridized carbons (Fsp3) is 0.231. The Morgan fingerprint density at radius 2 is 1.83 bits per heavy atom. The summed E-state index contributed by atoms with van der Waals surface area (Å²) in [6.45, 7) is 3.89. The lowest BCUT2D eigenvalue weighted by Crippen LogP contribution is -2.05. The molecule has 4 nitrogen and oxygen atoms in total. The first-order valence-corrected chi connectivity index (χ1v) is 5.61. The Balaban J connectivity index is 2.32. The quantitative estimate of drug-likeness (QED) is 0.905. The molecule has 0 aliphatic carbocycles. The van der Waals surface area contributed by atoms with E-state index >= 15 is 0 Å². The molecule has 0 aliphatic heterocycles. The Morgan fingerprint density at radius 3 is 2.44 bits per heavy atom. The molecule has 0 radical (unpaired) electrons. The molecule has 2 N–H and O–H groups in total. The zero-order chi connectivity index (χ0) is 13.1. The Hall–Kier alpha value is -2.17. The molecule has 0 fully saturated rings. The maximum Gasteiger partial charge on any atom is 0.191 e. The SMILES string of the molecule is CC(C)Oc1ccc(-c2ncnc(N)c2F)cc1. The van der Waals surface area contributed by atoms with Crippen LogP contribution in [0.15, 0.2) is 30.6 Å². The van der Waals surface area contributed by atoms with E-state index in [4.69, 9.17) is 10.5 Å². The van der Waals surface area contributed by atoms with Crippen molar-refractivity contribution in [1.82, 2.24) is 9.97 Å². The van der Waals surface area contributed by atoms with Gasteiger partial charge in [-0.15, -0.1) is 0 Å². The van der Waals surface area contributed by atoms with E-state index in [1.54, 1.807) is 24.3 Å². The summed E-state index contributed by atoms with van der Waals surface area (Å²) in [6.07, 6.45) is 1.34. The second-order valence-electron chi connectivity index (χ2n) is 4.11. The number of hydrogen-bond donors (Lipinski definition) is 1. The van der Waals surface area contributed by atoms with Gasteiger partial charge in [0, 0.05) is 5.56 Å². The van der Waals surface area contributed by atoms with Gasteiger partial charge in [-0.25, -0.2) is 14.4 Å². The summed E-state index contributed by atoms with van der Waals surface area (Å²) in [4.78, 5) is 7.48. The molecule has 0 saturated carbocycles. The number of aromatic nitrogens is 2. The van der Waals surface area contributed by atoms with Gasteiger partial charge in [-0.3, -0.25) is 0 Å². The molecular formula is C13H14FN3O. The van der Waals surface area contributed by atoms with Gasteiger partial charge in [0.1, 0.15) is 17.8 Å². The highest BCUT2D eigenvalue weighted by molar-refractivity contribution is 5.63. The third-order valence-electron chi connectivity index (χ3n) is 2.32. The van der Waals surface area contributed by atoms with Crippen molar-refractivity contribution in [3.63, 3.8) is 0 Å². The van der Waals surface area contributed by atoms with E-state index < -0.39 is 5.82 Å². The summed E-state index contributed by atoms with van der Waals surface area (Å²) in [5.41, 5.74) is 6.23. The molecule has 2 rings (SSSR count). The van der Waals surface area contributed by atoms with Gasteiger partial charge in [-0.2, -0.15) is 0 Å². The number of rotatable bonds is 3. The molecule has 94 valence electrons. The van der Waals surface area contributed by atoms with Gasteiger partial charge in [0.15, 0.2) is 11.6 Å². The Morgan fingerprint density at radius 1 is 1.17 bits per heavy atom. The van der Waals surface area contributed by atoms with Crippen molar-refractivity contribution in [2.45, 2.75) is 20.0 Å². The summed E-state index contributed by atoms with van der Waals surface area (Å²) in [5.74, 6) is -0.0197. The highest BCUT2D eigenvalue weighted by atomic mass is 19.1. The molecular weight excluding hydrogens is 233 g/mol. The fourth-order valence-corrected chi connectivity index (χ4v) is 1.55. The van der Waals surface area contributed by atoms with Crippen molar-refractivity contribution in [2.75, 3.05) is 5.73 Å². The molecule has 1 heterocycles. The molecule has 0 aliphatic rings. The number of benzene rings is 1. The summed E-state index contributed by atoms with van der Waals surface area (Å²) < 4.78 is 19.2. The van der Waals surface area contributed by atoms with Crippen LogP contribution in [-0.2, 0) is 0 Å². The molecule has 18 heavy (non-hydrogen) atoms. The van der Waals surface area contributed by atoms with E-state index in [1.807, 2.05) is 13.8 Å². The van der Waals surface area contributed by atoms with Crippen LogP contribution in [0.1, 0.15) is 13.8 Å². The highest BCUT2D eigenvalue weighted by Crippen LogP contribution is 2.24. The van der Waals surface area contributed by atoms with Crippen molar-refractivity contribution in [1.29, 1.82) is 0 Å². The van der Waals surface area contributed by atoms with Crippen molar-refractivity contribution >= 4 is 5.82 Å². The zero-order valence-electron chi connectivity index (χ0n) is 10.2. The number of nitrogen functional groups attached to an aromatic ring is 1. The van der Waals surface area contributed by atoms with Crippen LogP contribution < -0.4 is 10.5 Å². The lowest BCUT2D eigenvalue weighted by Gasteiger charge is -2.10. The Labute approximate surface area is 105 Å². The lowest BCUT2D eigenvalue weighted by atomic mass is 10.1. The minimum absolute atomic E-state index is 0.0993. The van der Waals surface area contributed by atoms with Crippen LogP contribution >= 0.6 is 0 Å². The number of anilines is 1. The first-order valence-electron chi connectivity index (χ1n) is 5.61. The molecule has 0 atom stereocenters. The topological polar surface area (TPSA) is 61.0 Å². The van der Waals surface area contributed by atoms with Crippen molar-refractivity contribution in [3.05, 3.63) is 36.4 Å². The first-order chi connectivity index (χ1) is 8.58. The van der Waals surface area contributed by atoms with Gasteiger partial charge >= 0.3 is 0 Å². The molecule has 0 bridgehead atoms. The van der Waals surface area contributed by atoms with Crippen LogP contribution in [0.4, 0.5) is 10.2 Å². The average molecular weight is 247 g/mol. The highest BCUT2D eigenvalue weighted by Gasteiger charge is 2.10. The number of hydrogen-bond acceptors (Lipinski definition) is 4. The summed E-state index contributed by atoms with van der Waals surface area (Å²) in [7, 11) is 0. The smallest absolute Gasteiger partial charge is 0.191 e. The monoisotopic (exact) mass is 247 g/mol. The molecule has 1 aromatic heterocycles. The summed E-state index contributed by atoms with van der Waals surface area (Å²) >= 11 is 0. The van der Waals surface area contributed by atoms with E-state index in [1.165, 1.54) is 6.33 Å². The largest absolute Gasteiger partial charge is 0.491 e. The Kier molecular flexibility index (Phi) is 3.41. The van der Waals surface area contributed by atoms with Gasteiger partial charge in [-0.1, -0.05) is 0 Å². The third-order valence-corrected chi connectivity index (χ3v) is 2.32. The number of nitrogens with two attached hydrogens (primary N) is 1. The standard InChI is InChI=1S/C13H14FN3O/c1-8(2)18-10-5-3-9(4-6-10)12-11(14)13(15)17-7-16-12/h3-8H,1-2H3,(H2,15,16,17). The second-order valence-corrected chi connectivity index (χ2v) is 4.11. The van der Waals surface area contributed by atoms with Gasteiger partial charge < -0.3 is 10.5 Å². The molecule has 2 aromatic rings. The fourth-order valence-electron chi connectivity index (χ4n) is 1.55. The average Bonchev–Trinajstić information content (AvgIpc) is 2.33. The Bertz CT molecular complexity index is 540. The molecule has 0 spiro atoms. The van der Waals surface area contributed by atoms with Gasteiger partial charge in [0.25, 0.3) is 0 Å². The van der Waals surface area contributed by atoms with Gasteiger partial charge in [0.2, 0.25) is 0 Å².